The Balaban J connectivity index is 1.70. The Morgan fingerprint density at radius 2 is 1.68 bits per heavy atom. The molecule has 0 bridgehead atoms. The van der Waals surface area contributed by atoms with Crippen molar-refractivity contribution in [3.8, 4) is 11.4 Å². The number of ether oxygens (including phenoxy) is 1. The molecular formula is C28H30N4O2. The lowest BCUT2D eigenvalue weighted by molar-refractivity contribution is 0.0526. The van der Waals surface area contributed by atoms with Crippen molar-refractivity contribution in [2.45, 2.75) is 26.9 Å². The average Bonchev–Trinajstić information content (AvgIpc) is 3.37. The molecule has 5 aromatic rings. The summed E-state index contributed by atoms with van der Waals surface area (Å²) in [7, 11) is 4.15. The van der Waals surface area contributed by atoms with Crippen LogP contribution in [0.2, 0.25) is 0 Å². The number of rotatable bonds is 7. The highest BCUT2D eigenvalue weighted by atomic mass is 16.5. The van der Waals surface area contributed by atoms with Gasteiger partial charge >= 0.3 is 5.97 Å². The van der Waals surface area contributed by atoms with Gasteiger partial charge in [-0.2, -0.15) is 0 Å². The van der Waals surface area contributed by atoms with Gasteiger partial charge < -0.3 is 18.8 Å². The molecule has 0 aliphatic rings. The summed E-state index contributed by atoms with van der Waals surface area (Å²) in [5, 5.41) is 2.48. The van der Waals surface area contributed by atoms with Crippen LogP contribution in [-0.4, -0.2) is 52.2 Å². The van der Waals surface area contributed by atoms with Crippen molar-refractivity contribution in [1.82, 2.24) is 19.0 Å². The molecular weight excluding hydrogens is 424 g/mol. The molecule has 0 spiro atoms. The van der Waals surface area contributed by atoms with Gasteiger partial charge in [-0.15, -0.1) is 0 Å². The molecule has 0 N–H and O–H groups in total. The minimum Gasteiger partial charge on any atom is -0.462 e. The average molecular weight is 455 g/mol. The van der Waals surface area contributed by atoms with Crippen LogP contribution in [0.1, 0.15) is 24.2 Å². The first-order chi connectivity index (χ1) is 16.5. The second-order valence-electron chi connectivity index (χ2n) is 8.81. The zero-order chi connectivity index (χ0) is 23.8. The van der Waals surface area contributed by atoms with E-state index in [-0.39, 0.29) is 5.97 Å². The van der Waals surface area contributed by atoms with Gasteiger partial charge in [0.05, 0.1) is 23.2 Å². The number of nitrogens with zero attached hydrogens (tertiary/aromatic N) is 4. The molecule has 0 aliphatic heterocycles. The molecule has 0 atom stereocenters. The molecule has 0 aliphatic carbocycles. The fourth-order valence-corrected chi connectivity index (χ4v) is 4.75. The van der Waals surface area contributed by atoms with E-state index >= 15 is 0 Å². The third kappa shape index (κ3) is 3.74. The number of esters is 1. The lowest BCUT2D eigenvalue weighted by Gasteiger charge is -2.14. The van der Waals surface area contributed by atoms with Crippen LogP contribution in [0.15, 0.2) is 60.7 Å². The summed E-state index contributed by atoms with van der Waals surface area (Å²) in [4.78, 5) is 19.5. The van der Waals surface area contributed by atoms with Gasteiger partial charge in [-0.05, 0) is 70.4 Å². The number of benzene rings is 3. The number of carbonyl (C=O) groups excluding carboxylic acids is 1. The van der Waals surface area contributed by atoms with E-state index in [1.807, 2.05) is 25.1 Å². The van der Waals surface area contributed by atoms with Crippen LogP contribution in [0.5, 0.6) is 0 Å². The van der Waals surface area contributed by atoms with Crippen molar-refractivity contribution in [3.05, 3.63) is 66.2 Å². The lowest BCUT2D eigenvalue weighted by atomic mass is 10.1. The lowest BCUT2D eigenvalue weighted by Crippen LogP contribution is -2.18. The quantitative estimate of drug-likeness (QED) is 0.302. The minimum absolute atomic E-state index is 0.317. The van der Waals surface area contributed by atoms with Crippen LogP contribution in [0.3, 0.4) is 0 Å². The van der Waals surface area contributed by atoms with Crippen molar-refractivity contribution in [2.24, 2.45) is 0 Å². The smallest absolute Gasteiger partial charge is 0.338 e. The summed E-state index contributed by atoms with van der Waals surface area (Å²) in [5.74, 6) is 0.593. The first-order valence-corrected chi connectivity index (χ1v) is 11.8. The van der Waals surface area contributed by atoms with Crippen molar-refractivity contribution >= 4 is 38.8 Å². The third-order valence-electron chi connectivity index (χ3n) is 6.38. The number of fused-ring (bicyclic) bond motifs is 4. The Morgan fingerprint density at radius 3 is 2.44 bits per heavy atom. The topological polar surface area (TPSA) is 52.3 Å². The molecule has 2 heterocycles. The first kappa shape index (κ1) is 22.2. The van der Waals surface area contributed by atoms with E-state index < -0.39 is 0 Å². The van der Waals surface area contributed by atoms with Crippen LogP contribution >= 0.6 is 0 Å². The van der Waals surface area contributed by atoms with Crippen molar-refractivity contribution < 1.29 is 9.53 Å². The number of para-hydroxylation sites is 1. The van der Waals surface area contributed by atoms with E-state index in [9.17, 15) is 4.79 Å². The van der Waals surface area contributed by atoms with Crippen LogP contribution in [-0.2, 0) is 17.8 Å². The van der Waals surface area contributed by atoms with Crippen LogP contribution in [0.25, 0.3) is 44.2 Å². The highest BCUT2D eigenvalue weighted by Crippen LogP contribution is 2.33. The number of carbonyl (C=O) groups is 1. The predicted octanol–water partition coefficient (Wildman–Crippen LogP) is 5.57. The van der Waals surface area contributed by atoms with E-state index in [4.69, 9.17) is 9.72 Å². The third-order valence-corrected chi connectivity index (χ3v) is 6.38. The number of imidazole rings is 1. The first-order valence-electron chi connectivity index (χ1n) is 11.8. The van der Waals surface area contributed by atoms with E-state index in [0.29, 0.717) is 12.2 Å². The fraction of sp³-hybridized carbons (Fsp3) is 0.286. The molecule has 0 saturated heterocycles. The zero-order valence-electron chi connectivity index (χ0n) is 20.2. The molecule has 174 valence electrons. The molecule has 0 radical (unpaired) electrons. The Kier molecular flexibility index (Phi) is 5.84. The van der Waals surface area contributed by atoms with Gasteiger partial charge in [-0.3, -0.25) is 0 Å². The largest absolute Gasteiger partial charge is 0.462 e. The molecule has 3 aromatic carbocycles. The minimum atomic E-state index is -0.317. The van der Waals surface area contributed by atoms with E-state index in [2.05, 4.69) is 77.5 Å². The second-order valence-corrected chi connectivity index (χ2v) is 8.81. The monoisotopic (exact) mass is 454 g/mol. The summed E-state index contributed by atoms with van der Waals surface area (Å²) in [6, 6.07) is 20.8. The molecule has 34 heavy (non-hydrogen) atoms. The molecule has 0 fully saturated rings. The molecule has 0 amide bonds. The van der Waals surface area contributed by atoms with Crippen molar-refractivity contribution in [2.75, 3.05) is 27.2 Å². The van der Waals surface area contributed by atoms with Crippen LogP contribution in [0.4, 0.5) is 0 Å². The van der Waals surface area contributed by atoms with Gasteiger partial charge in [0.25, 0.3) is 0 Å². The van der Waals surface area contributed by atoms with Gasteiger partial charge in [0.1, 0.15) is 5.82 Å². The Bertz CT molecular complexity index is 1510. The summed E-state index contributed by atoms with van der Waals surface area (Å²) < 4.78 is 9.81. The molecule has 6 nitrogen and oxygen atoms in total. The Morgan fingerprint density at radius 1 is 0.912 bits per heavy atom. The maximum absolute atomic E-state index is 12.3. The molecule has 0 unspecified atom stereocenters. The highest BCUT2D eigenvalue weighted by molar-refractivity contribution is 6.09. The van der Waals surface area contributed by atoms with E-state index in [0.717, 1.165) is 42.1 Å². The van der Waals surface area contributed by atoms with E-state index in [1.165, 1.54) is 21.8 Å². The van der Waals surface area contributed by atoms with Crippen LogP contribution in [0, 0.1) is 0 Å². The van der Waals surface area contributed by atoms with Gasteiger partial charge in [-0.25, -0.2) is 9.78 Å². The summed E-state index contributed by atoms with van der Waals surface area (Å²) in [6.45, 7) is 6.95. The Hall–Kier alpha value is -3.64. The summed E-state index contributed by atoms with van der Waals surface area (Å²) >= 11 is 0. The zero-order valence-corrected chi connectivity index (χ0v) is 20.2. The summed E-state index contributed by atoms with van der Waals surface area (Å²) in [6.07, 6.45) is 0. The molecule has 6 heteroatoms. The number of hydrogen-bond acceptors (Lipinski definition) is 4. The standard InChI is InChI=1S/C28H30N4O2/c1-5-31-24-10-8-7-9-21(24)22-17-19(11-13-25(22)31)27-29-23-18-20(28(33)34-6-2)12-14-26(23)32(27)16-15-30(3)4/h7-14,17-18H,5-6,15-16H2,1-4H3. The number of aryl methyl sites for hydroxylation is 1. The highest BCUT2D eigenvalue weighted by Gasteiger charge is 2.17. The maximum Gasteiger partial charge on any atom is 0.338 e. The van der Waals surface area contributed by atoms with Gasteiger partial charge in [0.15, 0.2) is 0 Å². The summed E-state index contributed by atoms with van der Waals surface area (Å²) in [5.41, 5.74) is 5.89. The van der Waals surface area contributed by atoms with Gasteiger partial charge in [-0.1, -0.05) is 18.2 Å². The molecule has 0 saturated carbocycles. The predicted molar refractivity (Wildman–Crippen MR) is 138 cm³/mol. The second kappa shape index (κ2) is 8.95. The normalized spacial score (nSPS) is 11.8. The van der Waals surface area contributed by atoms with Gasteiger partial charge in [0, 0.05) is 47.0 Å². The van der Waals surface area contributed by atoms with Crippen molar-refractivity contribution in [3.63, 3.8) is 0 Å². The number of likely N-dealkylation sites (N-methyl/N-ethyl adjacent to an activating group) is 1. The number of hydrogen-bond donors (Lipinski definition) is 0. The fourth-order valence-electron chi connectivity index (χ4n) is 4.75. The maximum atomic E-state index is 12.3. The number of aromatic nitrogens is 3. The van der Waals surface area contributed by atoms with E-state index in [1.54, 1.807) is 0 Å². The van der Waals surface area contributed by atoms with Gasteiger partial charge in [0.2, 0.25) is 0 Å². The molecule has 5 rings (SSSR count). The molecule has 2 aromatic heterocycles. The SMILES string of the molecule is CCOC(=O)c1ccc2c(c1)nc(-c1ccc3c(c1)c1ccccc1n3CC)n2CCN(C)C. The Labute approximate surface area is 199 Å². The van der Waals surface area contributed by atoms with Crippen LogP contribution < -0.4 is 0 Å². The van der Waals surface area contributed by atoms with Crippen molar-refractivity contribution in [1.29, 1.82) is 0 Å².